The molecule has 2 aliphatic rings. The van der Waals surface area contributed by atoms with Gasteiger partial charge in [-0.2, -0.15) is 0 Å². The molecule has 0 aromatic heterocycles. The summed E-state index contributed by atoms with van der Waals surface area (Å²) in [5.74, 6) is 0.0424. The van der Waals surface area contributed by atoms with E-state index in [-0.39, 0.29) is 5.82 Å². The first-order valence-electron chi connectivity index (χ1n) is 6.69. The minimum Gasteiger partial charge on any atom is -0.381 e. The molecule has 3 atom stereocenters. The Morgan fingerprint density at radius 2 is 2.00 bits per heavy atom. The maximum atomic E-state index is 13.8. The van der Waals surface area contributed by atoms with Crippen molar-refractivity contribution in [3.63, 3.8) is 0 Å². The van der Waals surface area contributed by atoms with Crippen LogP contribution in [0.3, 0.4) is 0 Å². The molecule has 0 spiro atoms. The molecule has 1 saturated carbocycles. The molecule has 2 aliphatic carbocycles. The fourth-order valence-electron chi connectivity index (χ4n) is 3.71. The van der Waals surface area contributed by atoms with Crippen molar-refractivity contribution in [3.05, 3.63) is 34.9 Å². The molecule has 0 aliphatic heterocycles. The molecule has 18 heavy (non-hydrogen) atoms. The zero-order valence-electron chi connectivity index (χ0n) is 10.6. The first kappa shape index (κ1) is 12.1. The van der Waals surface area contributed by atoms with E-state index >= 15 is 0 Å². The summed E-state index contributed by atoms with van der Waals surface area (Å²) in [5.41, 5.74) is 1.66. The van der Waals surface area contributed by atoms with Gasteiger partial charge in [0.2, 0.25) is 0 Å². The van der Waals surface area contributed by atoms with Gasteiger partial charge in [0.25, 0.3) is 0 Å². The van der Waals surface area contributed by atoms with E-state index in [1.807, 2.05) is 0 Å². The van der Waals surface area contributed by atoms with Crippen molar-refractivity contribution in [2.24, 2.45) is 5.92 Å². The highest BCUT2D eigenvalue weighted by Gasteiger charge is 2.36. The average molecular weight is 252 g/mol. The quantitative estimate of drug-likeness (QED) is 0.738. The number of rotatable bonds is 1. The molecule has 0 saturated heterocycles. The predicted octanol–water partition coefficient (Wildman–Crippen LogP) is 3.81. The van der Waals surface area contributed by atoms with E-state index in [4.69, 9.17) is 4.74 Å². The van der Waals surface area contributed by atoms with E-state index in [1.165, 1.54) is 0 Å². The van der Waals surface area contributed by atoms with Gasteiger partial charge in [-0.25, -0.2) is 8.78 Å². The van der Waals surface area contributed by atoms with Crippen LogP contribution in [0.2, 0.25) is 0 Å². The second kappa shape index (κ2) is 4.61. The maximum absolute atomic E-state index is 13.8. The Bertz CT molecular complexity index is 458. The normalized spacial score (nSPS) is 30.7. The minimum atomic E-state index is -0.444. The second-order valence-corrected chi connectivity index (χ2v) is 5.53. The summed E-state index contributed by atoms with van der Waals surface area (Å²) in [6.45, 7) is 0. The highest BCUT2D eigenvalue weighted by Crippen LogP contribution is 2.46. The number of fused-ring (bicyclic) bond motifs is 3. The van der Waals surface area contributed by atoms with E-state index in [2.05, 4.69) is 0 Å². The molecule has 3 unspecified atom stereocenters. The van der Waals surface area contributed by atoms with Crippen molar-refractivity contribution < 1.29 is 13.5 Å². The molecule has 3 rings (SSSR count). The third-order valence-electron chi connectivity index (χ3n) is 4.63. The van der Waals surface area contributed by atoms with Gasteiger partial charge in [-0.3, -0.25) is 0 Å². The largest absolute Gasteiger partial charge is 0.381 e. The molecule has 1 fully saturated rings. The SMILES string of the molecule is COC1CCC2c3cc(F)cc(F)c3CCC2C1. The van der Waals surface area contributed by atoms with Gasteiger partial charge in [0.15, 0.2) is 0 Å². The van der Waals surface area contributed by atoms with Gasteiger partial charge in [0.05, 0.1) is 6.10 Å². The molecule has 1 nitrogen and oxygen atoms in total. The summed E-state index contributed by atoms with van der Waals surface area (Å²) in [5, 5.41) is 0. The van der Waals surface area contributed by atoms with Crippen LogP contribution >= 0.6 is 0 Å². The Kier molecular flexibility index (Phi) is 3.10. The lowest BCUT2D eigenvalue weighted by molar-refractivity contribution is 0.0384. The number of hydrogen-bond donors (Lipinski definition) is 0. The summed E-state index contributed by atoms with van der Waals surface area (Å²) in [7, 11) is 1.75. The zero-order valence-corrected chi connectivity index (χ0v) is 10.6. The summed E-state index contributed by atoms with van der Waals surface area (Å²) in [4.78, 5) is 0. The second-order valence-electron chi connectivity index (χ2n) is 5.53. The number of halogens is 2. The first-order valence-corrected chi connectivity index (χ1v) is 6.69. The summed E-state index contributed by atoms with van der Waals surface area (Å²) >= 11 is 0. The van der Waals surface area contributed by atoms with Gasteiger partial charge in [0, 0.05) is 13.2 Å². The molecule has 0 radical (unpaired) electrons. The van der Waals surface area contributed by atoms with Crippen LogP contribution < -0.4 is 0 Å². The fraction of sp³-hybridized carbons (Fsp3) is 0.600. The number of ether oxygens (including phenoxy) is 1. The van der Waals surface area contributed by atoms with Crippen molar-refractivity contribution in [3.8, 4) is 0 Å². The lowest BCUT2D eigenvalue weighted by Gasteiger charge is -2.40. The topological polar surface area (TPSA) is 9.23 Å². The molecule has 0 heterocycles. The summed E-state index contributed by atoms with van der Waals surface area (Å²) in [6, 6.07) is 2.56. The molecule has 1 aromatic rings. The minimum absolute atomic E-state index is 0.324. The molecule has 98 valence electrons. The van der Waals surface area contributed by atoms with Gasteiger partial charge in [-0.05, 0) is 61.1 Å². The van der Waals surface area contributed by atoms with Gasteiger partial charge < -0.3 is 4.74 Å². The van der Waals surface area contributed by atoms with Crippen LogP contribution in [0.15, 0.2) is 12.1 Å². The van der Waals surface area contributed by atoms with E-state index < -0.39 is 5.82 Å². The molecule has 3 heteroatoms. The Hall–Kier alpha value is -0.960. The van der Waals surface area contributed by atoms with Crippen LogP contribution in [-0.2, 0) is 11.2 Å². The van der Waals surface area contributed by atoms with E-state index in [9.17, 15) is 8.78 Å². The third-order valence-corrected chi connectivity index (χ3v) is 4.63. The molecular formula is C15H18F2O. The van der Waals surface area contributed by atoms with Crippen molar-refractivity contribution in [2.45, 2.75) is 44.1 Å². The van der Waals surface area contributed by atoms with Crippen molar-refractivity contribution >= 4 is 0 Å². The number of methoxy groups -OCH3 is 1. The highest BCUT2D eigenvalue weighted by molar-refractivity contribution is 5.35. The standard InChI is InChI=1S/C15H18F2O/c1-18-11-3-5-12-9(6-11)2-4-13-14(12)7-10(16)8-15(13)17/h7-9,11-12H,2-6H2,1H3. The molecule has 0 amide bonds. The van der Waals surface area contributed by atoms with E-state index in [1.54, 1.807) is 13.2 Å². The Labute approximate surface area is 106 Å². The van der Waals surface area contributed by atoms with Crippen LogP contribution in [0.4, 0.5) is 8.78 Å². The van der Waals surface area contributed by atoms with Gasteiger partial charge in [-0.1, -0.05) is 0 Å². The zero-order chi connectivity index (χ0) is 12.7. The van der Waals surface area contributed by atoms with E-state index in [0.717, 1.165) is 49.3 Å². The predicted molar refractivity (Wildman–Crippen MR) is 65.6 cm³/mol. The summed E-state index contributed by atoms with van der Waals surface area (Å²) < 4.78 is 32.6. The Morgan fingerprint density at radius 3 is 2.78 bits per heavy atom. The lowest BCUT2D eigenvalue weighted by Crippen LogP contribution is -2.31. The smallest absolute Gasteiger partial charge is 0.129 e. The molecule has 0 bridgehead atoms. The molecule has 1 aromatic carbocycles. The Morgan fingerprint density at radius 1 is 1.17 bits per heavy atom. The first-order chi connectivity index (χ1) is 8.69. The van der Waals surface area contributed by atoms with Crippen LogP contribution in [-0.4, -0.2) is 13.2 Å². The number of hydrogen-bond acceptors (Lipinski definition) is 1. The summed E-state index contributed by atoms with van der Waals surface area (Å²) in [6.07, 6.45) is 5.07. The molecular weight excluding hydrogens is 234 g/mol. The third kappa shape index (κ3) is 1.95. The van der Waals surface area contributed by atoms with Gasteiger partial charge in [-0.15, -0.1) is 0 Å². The van der Waals surface area contributed by atoms with Crippen LogP contribution in [0, 0.1) is 17.6 Å². The van der Waals surface area contributed by atoms with Crippen molar-refractivity contribution in [1.29, 1.82) is 0 Å². The van der Waals surface area contributed by atoms with Crippen LogP contribution in [0.25, 0.3) is 0 Å². The maximum Gasteiger partial charge on any atom is 0.129 e. The Balaban J connectivity index is 1.94. The van der Waals surface area contributed by atoms with Crippen molar-refractivity contribution in [2.75, 3.05) is 7.11 Å². The lowest BCUT2D eigenvalue weighted by atomic mass is 9.67. The average Bonchev–Trinajstić information content (AvgIpc) is 2.37. The van der Waals surface area contributed by atoms with E-state index in [0.29, 0.717) is 17.9 Å². The monoisotopic (exact) mass is 252 g/mol. The molecule has 0 N–H and O–H groups in total. The van der Waals surface area contributed by atoms with Gasteiger partial charge >= 0.3 is 0 Å². The number of benzene rings is 1. The van der Waals surface area contributed by atoms with Gasteiger partial charge in [0.1, 0.15) is 11.6 Å². The van der Waals surface area contributed by atoms with Crippen LogP contribution in [0.5, 0.6) is 0 Å². The van der Waals surface area contributed by atoms with Crippen LogP contribution in [0.1, 0.15) is 42.7 Å². The fourth-order valence-corrected chi connectivity index (χ4v) is 3.71. The highest BCUT2D eigenvalue weighted by atomic mass is 19.1. The van der Waals surface area contributed by atoms with Crippen molar-refractivity contribution in [1.82, 2.24) is 0 Å².